The number of anilines is 1. The van der Waals surface area contributed by atoms with E-state index in [0.29, 0.717) is 16.5 Å². The molecule has 0 aromatic heterocycles. The average molecular weight is 455 g/mol. The first-order valence-corrected chi connectivity index (χ1v) is 10.8. The van der Waals surface area contributed by atoms with E-state index in [1.807, 2.05) is 0 Å². The molecule has 2 aromatic carbocycles. The zero-order valence-electron chi connectivity index (χ0n) is 17.0. The highest BCUT2D eigenvalue weighted by Gasteiger charge is 2.17. The number of carbonyl (C=O) groups excluding carboxylic acids is 2. The molecule has 2 N–H and O–H groups in total. The van der Waals surface area contributed by atoms with Gasteiger partial charge in [-0.15, -0.1) is 0 Å². The van der Waals surface area contributed by atoms with Crippen molar-refractivity contribution in [1.82, 2.24) is 4.72 Å². The molecule has 0 spiro atoms. The van der Waals surface area contributed by atoms with Crippen LogP contribution >= 0.6 is 11.6 Å². The van der Waals surface area contributed by atoms with Gasteiger partial charge in [0.25, 0.3) is 5.91 Å². The lowest BCUT2D eigenvalue weighted by atomic mass is 10.2. The van der Waals surface area contributed by atoms with Gasteiger partial charge in [-0.25, -0.2) is 17.9 Å². The zero-order chi connectivity index (χ0) is 22.5. The van der Waals surface area contributed by atoms with E-state index in [2.05, 4.69) is 10.0 Å². The van der Waals surface area contributed by atoms with Gasteiger partial charge in [0.15, 0.2) is 6.61 Å². The Bertz CT molecular complexity index is 1040. The van der Waals surface area contributed by atoms with Crippen molar-refractivity contribution >= 4 is 39.2 Å². The van der Waals surface area contributed by atoms with Crippen LogP contribution in [0.25, 0.3) is 0 Å². The van der Waals surface area contributed by atoms with Crippen molar-refractivity contribution in [1.29, 1.82) is 0 Å². The molecule has 0 aliphatic rings. The van der Waals surface area contributed by atoms with Crippen LogP contribution in [0.3, 0.4) is 0 Å². The predicted molar refractivity (Wildman–Crippen MR) is 114 cm³/mol. The van der Waals surface area contributed by atoms with Crippen LogP contribution in [0.4, 0.5) is 5.69 Å². The molecular weight excluding hydrogens is 432 g/mol. The number of nitrogens with one attached hydrogen (secondary N) is 2. The standard InChI is InChI=1S/C20H23ClN2O6S/c1-12(2)23-30(26,27)15-7-5-14(6-8-15)20(25)29-11-19(24)22-17-9-13(3)16(21)10-18(17)28-4/h5-10,12,23H,11H2,1-4H3,(H,22,24). The van der Waals surface area contributed by atoms with Gasteiger partial charge in [0.2, 0.25) is 10.0 Å². The van der Waals surface area contributed by atoms with Gasteiger partial charge < -0.3 is 14.8 Å². The summed E-state index contributed by atoms with van der Waals surface area (Å²) < 4.78 is 36.8. The maximum Gasteiger partial charge on any atom is 0.338 e. The summed E-state index contributed by atoms with van der Waals surface area (Å²) in [4.78, 5) is 24.3. The lowest BCUT2D eigenvalue weighted by Gasteiger charge is -2.12. The largest absolute Gasteiger partial charge is 0.495 e. The third kappa shape index (κ3) is 6.19. The number of esters is 1. The number of rotatable bonds is 8. The lowest BCUT2D eigenvalue weighted by molar-refractivity contribution is -0.119. The third-order valence-corrected chi connectivity index (χ3v) is 5.96. The molecular formula is C20H23ClN2O6S. The van der Waals surface area contributed by atoms with Gasteiger partial charge in [-0.3, -0.25) is 4.79 Å². The Morgan fingerprint density at radius 2 is 1.77 bits per heavy atom. The van der Waals surface area contributed by atoms with Crippen molar-refractivity contribution in [3.05, 3.63) is 52.5 Å². The van der Waals surface area contributed by atoms with E-state index in [-0.39, 0.29) is 16.5 Å². The number of hydrogen-bond acceptors (Lipinski definition) is 6. The number of carbonyl (C=O) groups is 2. The number of ether oxygens (including phenoxy) is 2. The first-order valence-electron chi connectivity index (χ1n) is 8.97. The molecule has 10 heteroatoms. The number of aryl methyl sites for hydroxylation is 1. The average Bonchev–Trinajstić information content (AvgIpc) is 2.68. The van der Waals surface area contributed by atoms with E-state index in [9.17, 15) is 18.0 Å². The molecule has 162 valence electrons. The Kier molecular flexibility index (Phi) is 7.83. The molecule has 0 fully saturated rings. The Hall–Kier alpha value is -2.62. The van der Waals surface area contributed by atoms with Crippen molar-refractivity contribution in [2.45, 2.75) is 31.7 Å². The van der Waals surface area contributed by atoms with Crippen molar-refractivity contribution in [2.24, 2.45) is 0 Å². The molecule has 0 aliphatic carbocycles. The van der Waals surface area contributed by atoms with Gasteiger partial charge in [-0.2, -0.15) is 0 Å². The SMILES string of the molecule is COc1cc(Cl)c(C)cc1NC(=O)COC(=O)c1ccc(S(=O)(=O)NC(C)C)cc1. The van der Waals surface area contributed by atoms with E-state index < -0.39 is 28.5 Å². The molecule has 0 saturated carbocycles. The molecule has 8 nitrogen and oxygen atoms in total. The fourth-order valence-electron chi connectivity index (χ4n) is 2.48. The summed E-state index contributed by atoms with van der Waals surface area (Å²) in [5.74, 6) is -0.953. The van der Waals surface area contributed by atoms with Crippen molar-refractivity contribution in [3.8, 4) is 5.75 Å². The number of amides is 1. The van der Waals surface area contributed by atoms with Gasteiger partial charge in [-0.05, 0) is 56.7 Å². The number of benzene rings is 2. The predicted octanol–water partition coefficient (Wildman–Crippen LogP) is 3.14. The van der Waals surface area contributed by atoms with Gasteiger partial charge in [-0.1, -0.05) is 11.6 Å². The minimum Gasteiger partial charge on any atom is -0.495 e. The van der Waals surface area contributed by atoms with Crippen LogP contribution in [-0.4, -0.2) is 40.1 Å². The molecule has 0 aliphatic heterocycles. The van der Waals surface area contributed by atoms with E-state index >= 15 is 0 Å². The van der Waals surface area contributed by atoms with Crippen LogP contribution in [0.2, 0.25) is 5.02 Å². The van der Waals surface area contributed by atoms with Gasteiger partial charge in [0, 0.05) is 17.1 Å². The number of hydrogen-bond donors (Lipinski definition) is 2. The summed E-state index contributed by atoms with van der Waals surface area (Å²) in [5, 5.41) is 3.09. The first-order chi connectivity index (χ1) is 14.0. The second-order valence-electron chi connectivity index (χ2n) is 6.73. The second kappa shape index (κ2) is 9.92. The molecule has 0 saturated heterocycles. The van der Waals surface area contributed by atoms with E-state index in [1.165, 1.54) is 31.4 Å². The Morgan fingerprint density at radius 3 is 2.33 bits per heavy atom. The molecule has 0 heterocycles. The van der Waals surface area contributed by atoms with Crippen molar-refractivity contribution in [2.75, 3.05) is 19.0 Å². The fourth-order valence-corrected chi connectivity index (χ4v) is 3.88. The molecule has 1 amide bonds. The molecule has 2 rings (SSSR count). The highest BCUT2D eigenvalue weighted by atomic mass is 35.5. The summed E-state index contributed by atoms with van der Waals surface area (Å²) in [6.45, 7) is 4.65. The van der Waals surface area contributed by atoms with Crippen LogP contribution in [0, 0.1) is 6.92 Å². The van der Waals surface area contributed by atoms with E-state index in [4.69, 9.17) is 21.1 Å². The van der Waals surface area contributed by atoms with Crippen LogP contribution in [-0.2, 0) is 19.6 Å². The quantitative estimate of drug-likeness (QED) is 0.593. The van der Waals surface area contributed by atoms with Crippen molar-refractivity contribution < 1.29 is 27.5 Å². The summed E-state index contributed by atoms with van der Waals surface area (Å²) >= 11 is 6.03. The molecule has 0 unspecified atom stereocenters. The summed E-state index contributed by atoms with van der Waals surface area (Å²) in [7, 11) is -2.22. The first kappa shape index (κ1) is 23.7. The van der Waals surface area contributed by atoms with Gasteiger partial charge >= 0.3 is 5.97 Å². The van der Waals surface area contributed by atoms with Crippen LogP contribution in [0.5, 0.6) is 5.75 Å². The molecule has 0 radical (unpaired) electrons. The second-order valence-corrected chi connectivity index (χ2v) is 8.85. The maximum atomic E-state index is 12.2. The topological polar surface area (TPSA) is 111 Å². The molecule has 30 heavy (non-hydrogen) atoms. The number of methoxy groups -OCH3 is 1. The van der Waals surface area contributed by atoms with Crippen LogP contribution < -0.4 is 14.8 Å². The minimum absolute atomic E-state index is 0.0238. The summed E-state index contributed by atoms with van der Waals surface area (Å²) in [5.41, 5.74) is 1.26. The Balaban J connectivity index is 1.99. The molecule has 0 bridgehead atoms. The smallest absolute Gasteiger partial charge is 0.338 e. The fraction of sp³-hybridized carbons (Fsp3) is 0.300. The third-order valence-electron chi connectivity index (χ3n) is 3.88. The number of halogens is 1. The van der Waals surface area contributed by atoms with Crippen molar-refractivity contribution in [3.63, 3.8) is 0 Å². The van der Waals surface area contributed by atoms with Gasteiger partial charge in [0.05, 0.1) is 23.3 Å². The van der Waals surface area contributed by atoms with Gasteiger partial charge in [0.1, 0.15) is 5.75 Å². The van der Waals surface area contributed by atoms with Crippen LogP contribution in [0.15, 0.2) is 41.3 Å². The van der Waals surface area contributed by atoms with Crippen LogP contribution in [0.1, 0.15) is 29.8 Å². The van der Waals surface area contributed by atoms with E-state index in [0.717, 1.165) is 5.56 Å². The normalized spacial score (nSPS) is 11.3. The highest BCUT2D eigenvalue weighted by Crippen LogP contribution is 2.30. The lowest BCUT2D eigenvalue weighted by Crippen LogP contribution is -2.30. The Labute approximate surface area is 180 Å². The Morgan fingerprint density at radius 1 is 1.13 bits per heavy atom. The summed E-state index contributed by atoms with van der Waals surface area (Å²) in [6.07, 6.45) is 0. The molecule has 2 aromatic rings. The zero-order valence-corrected chi connectivity index (χ0v) is 18.6. The highest BCUT2D eigenvalue weighted by molar-refractivity contribution is 7.89. The number of sulfonamides is 1. The van der Waals surface area contributed by atoms with E-state index in [1.54, 1.807) is 32.9 Å². The minimum atomic E-state index is -3.66. The summed E-state index contributed by atoms with van der Waals surface area (Å²) in [6, 6.07) is 8.18. The maximum absolute atomic E-state index is 12.2. The molecule has 0 atom stereocenters. The monoisotopic (exact) mass is 454 g/mol.